The fourth-order valence-electron chi connectivity index (χ4n) is 3.17. The van der Waals surface area contributed by atoms with Crippen molar-refractivity contribution in [2.75, 3.05) is 37.7 Å². The molecule has 1 aromatic carbocycles. The molecule has 0 atom stereocenters. The number of benzene rings is 1. The molecule has 6 nitrogen and oxygen atoms in total. The molecule has 2 saturated heterocycles. The quantitative estimate of drug-likeness (QED) is 0.886. The maximum Gasteiger partial charge on any atom is 0.317 e. The summed E-state index contributed by atoms with van der Waals surface area (Å²) in [6.07, 6.45) is 2.59. The van der Waals surface area contributed by atoms with Gasteiger partial charge in [-0.3, -0.25) is 4.90 Å². The van der Waals surface area contributed by atoms with Gasteiger partial charge in [-0.2, -0.15) is 0 Å². The van der Waals surface area contributed by atoms with Crippen LogP contribution in [0.4, 0.5) is 4.79 Å². The number of nitrogens with one attached hydrogen (secondary N) is 1. The van der Waals surface area contributed by atoms with Gasteiger partial charge in [0.1, 0.15) is 0 Å². The monoisotopic (exact) mass is 351 g/mol. The minimum Gasteiger partial charge on any atom is -0.334 e. The predicted octanol–water partition coefficient (Wildman–Crippen LogP) is 1.22. The number of urea groups is 1. The highest BCUT2D eigenvalue weighted by atomic mass is 32.2. The second-order valence-electron chi connectivity index (χ2n) is 6.60. The molecule has 1 aromatic rings. The average Bonchev–Trinajstić information content (AvgIpc) is 3.07. The van der Waals surface area contributed by atoms with Gasteiger partial charge < -0.3 is 10.2 Å². The van der Waals surface area contributed by atoms with Gasteiger partial charge in [-0.1, -0.05) is 24.3 Å². The lowest BCUT2D eigenvalue weighted by molar-refractivity contribution is 0.202. The minimum absolute atomic E-state index is 0.0611. The molecule has 7 heteroatoms. The largest absolute Gasteiger partial charge is 0.334 e. The van der Waals surface area contributed by atoms with Gasteiger partial charge in [0.05, 0.1) is 11.5 Å². The van der Waals surface area contributed by atoms with Gasteiger partial charge in [-0.05, 0) is 37.1 Å². The first-order valence-corrected chi connectivity index (χ1v) is 10.4. The van der Waals surface area contributed by atoms with Crippen molar-refractivity contribution >= 4 is 15.9 Å². The van der Waals surface area contributed by atoms with E-state index in [4.69, 9.17) is 0 Å². The van der Waals surface area contributed by atoms with Gasteiger partial charge in [0.2, 0.25) is 0 Å². The Morgan fingerprint density at radius 2 is 1.54 bits per heavy atom. The van der Waals surface area contributed by atoms with Gasteiger partial charge in [0, 0.05) is 26.2 Å². The molecule has 132 valence electrons. The summed E-state index contributed by atoms with van der Waals surface area (Å²) in [5, 5.41) is 2.87. The summed E-state index contributed by atoms with van der Waals surface area (Å²) in [7, 11) is -2.96. The number of nitrogens with zero attached hydrogens (tertiary/aromatic N) is 2. The molecule has 0 saturated carbocycles. The van der Waals surface area contributed by atoms with Crippen LogP contribution in [0.2, 0.25) is 0 Å². The van der Waals surface area contributed by atoms with Gasteiger partial charge >= 0.3 is 6.03 Å². The van der Waals surface area contributed by atoms with Crippen LogP contribution in [0.3, 0.4) is 0 Å². The summed E-state index contributed by atoms with van der Waals surface area (Å²) in [6, 6.07) is 8.14. The fourth-order valence-corrected chi connectivity index (χ4v) is 4.37. The molecule has 0 unspecified atom stereocenters. The summed E-state index contributed by atoms with van der Waals surface area (Å²) >= 11 is 0. The summed E-state index contributed by atoms with van der Waals surface area (Å²) in [6.45, 7) is 4.39. The fraction of sp³-hybridized carbons (Fsp3) is 0.588. The molecule has 3 rings (SSSR count). The third kappa shape index (κ3) is 4.70. The normalized spacial score (nSPS) is 20.9. The Bertz CT molecular complexity index is 653. The highest BCUT2D eigenvalue weighted by Crippen LogP contribution is 2.13. The molecule has 0 bridgehead atoms. The van der Waals surface area contributed by atoms with E-state index < -0.39 is 9.84 Å². The van der Waals surface area contributed by atoms with Crippen molar-refractivity contribution < 1.29 is 13.2 Å². The van der Waals surface area contributed by atoms with Crippen molar-refractivity contribution in [3.05, 3.63) is 35.4 Å². The molecule has 2 heterocycles. The number of carbonyl (C=O) groups is 1. The van der Waals surface area contributed by atoms with E-state index in [1.807, 2.05) is 12.1 Å². The first-order chi connectivity index (χ1) is 11.5. The number of likely N-dealkylation sites (tertiary alicyclic amines) is 1. The zero-order valence-electron chi connectivity index (χ0n) is 13.9. The van der Waals surface area contributed by atoms with Gasteiger partial charge in [0.25, 0.3) is 0 Å². The van der Waals surface area contributed by atoms with Crippen LogP contribution in [-0.4, -0.2) is 61.9 Å². The van der Waals surface area contributed by atoms with E-state index in [2.05, 4.69) is 22.3 Å². The Morgan fingerprint density at radius 3 is 2.17 bits per heavy atom. The SMILES string of the molecule is O=C(NCc1ccc(CN2CCCC2)cc1)N1CCS(=O)(=O)CC1. The predicted molar refractivity (Wildman–Crippen MR) is 93.4 cm³/mol. The van der Waals surface area contributed by atoms with Crippen LogP contribution in [-0.2, 0) is 22.9 Å². The molecule has 2 fully saturated rings. The van der Waals surface area contributed by atoms with E-state index in [1.54, 1.807) is 4.90 Å². The van der Waals surface area contributed by atoms with Crippen molar-refractivity contribution in [2.45, 2.75) is 25.9 Å². The Balaban J connectivity index is 1.45. The van der Waals surface area contributed by atoms with E-state index in [0.717, 1.165) is 12.1 Å². The van der Waals surface area contributed by atoms with Crippen molar-refractivity contribution in [3.8, 4) is 0 Å². The maximum atomic E-state index is 12.1. The molecule has 2 aliphatic heterocycles. The van der Waals surface area contributed by atoms with Crippen molar-refractivity contribution in [3.63, 3.8) is 0 Å². The second kappa shape index (κ2) is 7.53. The Labute approximate surface area is 143 Å². The van der Waals surface area contributed by atoms with Crippen molar-refractivity contribution in [1.29, 1.82) is 0 Å². The number of rotatable bonds is 4. The lowest BCUT2D eigenvalue weighted by atomic mass is 10.1. The zero-order valence-corrected chi connectivity index (χ0v) is 14.7. The van der Waals surface area contributed by atoms with Crippen LogP contribution in [0.5, 0.6) is 0 Å². The van der Waals surface area contributed by atoms with E-state index in [0.29, 0.717) is 6.54 Å². The molecular weight excluding hydrogens is 326 g/mol. The van der Waals surface area contributed by atoms with Gasteiger partial charge in [0.15, 0.2) is 9.84 Å². The van der Waals surface area contributed by atoms with Gasteiger partial charge in [-0.15, -0.1) is 0 Å². The molecule has 2 amide bonds. The van der Waals surface area contributed by atoms with E-state index >= 15 is 0 Å². The zero-order chi connectivity index (χ0) is 17.0. The molecule has 2 aliphatic rings. The molecular formula is C17H25N3O3S. The topological polar surface area (TPSA) is 69.7 Å². The van der Waals surface area contributed by atoms with Crippen molar-refractivity contribution in [1.82, 2.24) is 15.1 Å². The first-order valence-electron chi connectivity index (χ1n) is 8.55. The van der Waals surface area contributed by atoms with Crippen LogP contribution < -0.4 is 5.32 Å². The highest BCUT2D eigenvalue weighted by Gasteiger charge is 2.24. The Morgan fingerprint density at radius 1 is 0.958 bits per heavy atom. The van der Waals surface area contributed by atoms with Crippen LogP contribution in [0.15, 0.2) is 24.3 Å². The number of hydrogen-bond donors (Lipinski definition) is 1. The van der Waals surface area contributed by atoms with E-state index in [9.17, 15) is 13.2 Å². The summed E-state index contributed by atoms with van der Waals surface area (Å²) in [5.41, 5.74) is 2.35. The molecule has 1 N–H and O–H groups in total. The van der Waals surface area contributed by atoms with Crippen LogP contribution in [0.1, 0.15) is 24.0 Å². The van der Waals surface area contributed by atoms with E-state index in [1.165, 1.54) is 31.5 Å². The summed E-state index contributed by atoms with van der Waals surface area (Å²) < 4.78 is 22.8. The Hall–Kier alpha value is -1.60. The smallest absolute Gasteiger partial charge is 0.317 e. The Kier molecular flexibility index (Phi) is 5.40. The molecule has 0 radical (unpaired) electrons. The van der Waals surface area contributed by atoms with E-state index in [-0.39, 0.29) is 30.6 Å². The number of sulfone groups is 1. The third-order valence-corrected chi connectivity index (χ3v) is 6.31. The second-order valence-corrected chi connectivity index (χ2v) is 8.90. The van der Waals surface area contributed by atoms with Crippen LogP contribution in [0.25, 0.3) is 0 Å². The number of carbonyl (C=O) groups excluding carboxylic acids is 1. The first kappa shape index (κ1) is 17.2. The molecule has 0 aliphatic carbocycles. The maximum absolute atomic E-state index is 12.1. The lowest BCUT2D eigenvalue weighted by Gasteiger charge is -2.26. The molecule has 24 heavy (non-hydrogen) atoms. The number of hydrogen-bond acceptors (Lipinski definition) is 4. The summed E-state index contributed by atoms with van der Waals surface area (Å²) in [4.78, 5) is 16.1. The van der Waals surface area contributed by atoms with Crippen LogP contribution >= 0.6 is 0 Å². The lowest BCUT2D eigenvalue weighted by Crippen LogP contribution is -2.47. The third-order valence-electron chi connectivity index (χ3n) is 4.70. The molecule has 0 aromatic heterocycles. The minimum atomic E-state index is -2.96. The average molecular weight is 351 g/mol. The standard InChI is InChI=1S/C17H25N3O3S/c21-17(20-9-11-24(22,23)12-10-20)18-13-15-3-5-16(6-4-15)14-19-7-1-2-8-19/h3-6H,1-2,7-14H2,(H,18,21). The van der Waals surface area contributed by atoms with Crippen LogP contribution in [0, 0.1) is 0 Å². The highest BCUT2D eigenvalue weighted by molar-refractivity contribution is 7.91. The van der Waals surface area contributed by atoms with Gasteiger partial charge in [-0.25, -0.2) is 13.2 Å². The number of amides is 2. The van der Waals surface area contributed by atoms with Crippen molar-refractivity contribution in [2.24, 2.45) is 0 Å². The summed E-state index contributed by atoms with van der Waals surface area (Å²) in [5.74, 6) is 0.122. The molecule has 0 spiro atoms.